The number of halogens is 1. The Bertz CT molecular complexity index is 1020. The van der Waals surface area contributed by atoms with Crippen LogP contribution in [0.2, 0.25) is 5.02 Å². The highest BCUT2D eigenvalue weighted by Gasteiger charge is 2.55. The lowest BCUT2D eigenvalue weighted by molar-refractivity contribution is -0.136. The monoisotopic (exact) mass is 441 g/mol. The summed E-state index contributed by atoms with van der Waals surface area (Å²) in [5.41, 5.74) is -0.381. The van der Waals surface area contributed by atoms with Gasteiger partial charge in [-0.05, 0) is 37.1 Å². The number of ether oxygens (including phenoxy) is 1. The molecule has 0 bridgehead atoms. The Hall–Kier alpha value is -3.06. The predicted molar refractivity (Wildman–Crippen MR) is 117 cm³/mol. The van der Waals surface area contributed by atoms with Crippen molar-refractivity contribution in [3.8, 4) is 11.5 Å². The molecule has 8 heteroatoms. The summed E-state index contributed by atoms with van der Waals surface area (Å²) >= 11 is 6.16. The van der Waals surface area contributed by atoms with Crippen molar-refractivity contribution in [3.05, 3.63) is 53.6 Å². The molecule has 2 aromatic carbocycles. The molecule has 7 nitrogen and oxygen atoms in total. The number of carbonyl (C=O) groups is 3. The topological polar surface area (TPSA) is 79.0 Å². The summed E-state index contributed by atoms with van der Waals surface area (Å²) in [6.45, 7) is -0.343. The Morgan fingerprint density at radius 1 is 1.03 bits per heavy atom. The molecular formula is C23H24ClN3O4. The van der Waals surface area contributed by atoms with Crippen molar-refractivity contribution in [2.45, 2.75) is 37.6 Å². The van der Waals surface area contributed by atoms with E-state index in [4.69, 9.17) is 16.3 Å². The van der Waals surface area contributed by atoms with Gasteiger partial charge in [-0.25, -0.2) is 4.79 Å². The van der Waals surface area contributed by atoms with E-state index in [2.05, 4.69) is 5.32 Å². The molecule has 2 aromatic rings. The zero-order valence-corrected chi connectivity index (χ0v) is 18.0. The van der Waals surface area contributed by atoms with E-state index in [1.54, 1.807) is 55.6 Å². The second-order valence-electron chi connectivity index (χ2n) is 7.90. The molecule has 0 radical (unpaired) electrons. The van der Waals surface area contributed by atoms with Crippen molar-refractivity contribution < 1.29 is 19.1 Å². The van der Waals surface area contributed by atoms with Crippen LogP contribution in [0, 0.1) is 0 Å². The van der Waals surface area contributed by atoms with Gasteiger partial charge in [0.15, 0.2) is 5.75 Å². The zero-order valence-electron chi connectivity index (χ0n) is 17.3. The number of urea groups is 1. The van der Waals surface area contributed by atoms with Crippen molar-refractivity contribution in [1.29, 1.82) is 0 Å². The molecule has 1 N–H and O–H groups in total. The Morgan fingerprint density at radius 2 is 1.68 bits per heavy atom. The Balaban J connectivity index is 1.48. The highest BCUT2D eigenvalue weighted by Crippen LogP contribution is 2.39. The van der Waals surface area contributed by atoms with Gasteiger partial charge in [-0.15, -0.1) is 0 Å². The molecule has 1 spiro atoms. The fourth-order valence-electron chi connectivity index (χ4n) is 4.31. The van der Waals surface area contributed by atoms with Crippen molar-refractivity contribution in [2.75, 3.05) is 18.9 Å². The molecule has 0 atom stereocenters. The number of hydrogen-bond donors (Lipinski definition) is 1. The summed E-state index contributed by atoms with van der Waals surface area (Å²) in [5, 5.41) is 3.20. The molecule has 4 rings (SSSR count). The van der Waals surface area contributed by atoms with E-state index in [9.17, 15) is 14.4 Å². The summed E-state index contributed by atoms with van der Waals surface area (Å²) in [6.07, 6.45) is 4.13. The van der Waals surface area contributed by atoms with Crippen LogP contribution >= 0.6 is 11.6 Å². The first-order chi connectivity index (χ1) is 14.9. The maximum Gasteiger partial charge on any atom is 0.327 e. The van der Waals surface area contributed by atoms with E-state index in [0.29, 0.717) is 35.1 Å². The second kappa shape index (κ2) is 8.59. The highest BCUT2D eigenvalue weighted by molar-refractivity contribution is 6.32. The van der Waals surface area contributed by atoms with Crippen LogP contribution in [0.5, 0.6) is 11.5 Å². The van der Waals surface area contributed by atoms with E-state index in [1.165, 1.54) is 4.90 Å². The fraction of sp³-hybridized carbons (Fsp3) is 0.348. The molecule has 0 unspecified atom stereocenters. The van der Waals surface area contributed by atoms with Gasteiger partial charge < -0.3 is 15.0 Å². The molecule has 1 heterocycles. The molecule has 1 saturated heterocycles. The summed E-state index contributed by atoms with van der Waals surface area (Å²) < 4.78 is 5.86. The zero-order chi connectivity index (χ0) is 22.0. The van der Waals surface area contributed by atoms with Crippen LogP contribution < -0.4 is 10.1 Å². The van der Waals surface area contributed by atoms with Gasteiger partial charge in [0.05, 0.1) is 10.7 Å². The smallest absolute Gasteiger partial charge is 0.327 e. The van der Waals surface area contributed by atoms with Crippen LogP contribution in [0.25, 0.3) is 0 Å². The maximum absolute atomic E-state index is 13.1. The van der Waals surface area contributed by atoms with Crippen LogP contribution in [0.1, 0.15) is 32.1 Å². The molecule has 162 valence electrons. The minimum absolute atomic E-state index is 0.282. The van der Waals surface area contributed by atoms with Gasteiger partial charge in [0.25, 0.3) is 5.91 Å². The molecule has 1 aliphatic carbocycles. The Labute approximate surface area is 185 Å². The third-order valence-electron chi connectivity index (χ3n) is 6.00. The minimum Gasteiger partial charge on any atom is -0.454 e. The molecule has 2 fully saturated rings. The van der Waals surface area contributed by atoms with Gasteiger partial charge in [0.2, 0.25) is 5.91 Å². The van der Waals surface area contributed by atoms with Crippen LogP contribution in [0.3, 0.4) is 0 Å². The van der Waals surface area contributed by atoms with E-state index in [0.717, 1.165) is 24.2 Å². The molecule has 4 amide bonds. The number of hydrogen-bond acceptors (Lipinski definition) is 4. The Morgan fingerprint density at radius 3 is 2.39 bits per heavy atom. The number of nitrogens with one attached hydrogen (secondary N) is 1. The summed E-state index contributed by atoms with van der Waals surface area (Å²) in [7, 11) is 1.65. The van der Waals surface area contributed by atoms with Gasteiger partial charge in [0.1, 0.15) is 17.8 Å². The quantitative estimate of drug-likeness (QED) is 0.684. The van der Waals surface area contributed by atoms with Gasteiger partial charge >= 0.3 is 6.03 Å². The Kier molecular flexibility index (Phi) is 5.87. The SMILES string of the molecule is CN1C(=O)N(CC(=O)Nc2ccccc2Oc2ccccc2Cl)C(=O)C12CCCCC2. The number of rotatable bonds is 5. The van der Waals surface area contributed by atoms with Gasteiger partial charge in [-0.1, -0.05) is 55.1 Å². The molecule has 31 heavy (non-hydrogen) atoms. The maximum atomic E-state index is 13.1. The first-order valence-electron chi connectivity index (χ1n) is 10.3. The minimum atomic E-state index is -0.805. The van der Waals surface area contributed by atoms with E-state index in [1.807, 2.05) is 0 Å². The number of likely N-dealkylation sites (N-methyl/N-ethyl adjacent to an activating group) is 1. The lowest BCUT2D eigenvalue weighted by atomic mass is 9.81. The van der Waals surface area contributed by atoms with Crippen LogP contribution in [0.4, 0.5) is 10.5 Å². The van der Waals surface area contributed by atoms with Crippen LogP contribution in [0.15, 0.2) is 48.5 Å². The number of anilines is 1. The largest absolute Gasteiger partial charge is 0.454 e. The first-order valence-corrected chi connectivity index (χ1v) is 10.7. The molecule has 2 aliphatic rings. The average molecular weight is 442 g/mol. The lowest BCUT2D eigenvalue weighted by Gasteiger charge is -2.35. The van der Waals surface area contributed by atoms with E-state index < -0.39 is 17.5 Å². The normalized spacial score (nSPS) is 17.9. The second-order valence-corrected chi connectivity index (χ2v) is 8.31. The molecule has 0 aromatic heterocycles. The summed E-state index contributed by atoms with van der Waals surface area (Å²) in [5.74, 6) is 0.106. The number of carbonyl (C=O) groups excluding carboxylic acids is 3. The third-order valence-corrected chi connectivity index (χ3v) is 6.32. The molecular weight excluding hydrogens is 418 g/mol. The summed E-state index contributed by atoms with van der Waals surface area (Å²) in [4.78, 5) is 41.1. The number of nitrogens with zero attached hydrogens (tertiary/aromatic N) is 2. The third kappa shape index (κ3) is 3.97. The van der Waals surface area contributed by atoms with Crippen LogP contribution in [-0.4, -0.2) is 46.8 Å². The van der Waals surface area contributed by atoms with Gasteiger partial charge in [-0.3, -0.25) is 14.5 Å². The number of para-hydroxylation sites is 3. The van der Waals surface area contributed by atoms with Gasteiger partial charge in [0, 0.05) is 7.05 Å². The van der Waals surface area contributed by atoms with Crippen LogP contribution in [-0.2, 0) is 9.59 Å². The van der Waals surface area contributed by atoms with Crippen molar-refractivity contribution >= 4 is 35.1 Å². The highest BCUT2D eigenvalue weighted by atomic mass is 35.5. The predicted octanol–water partition coefficient (Wildman–Crippen LogP) is 4.67. The van der Waals surface area contributed by atoms with E-state index in [-0.39, 0.29) is 12.5 Å². The standard InChI is InChI=1S/C23H24ClN3O4/c1-26-22(30)27(21(29)23(26)13-7-2-8-14-23)15-20(28)25-17-10-4-6-12-19(17)31-18-11-5-3-9-16(18)24/h3-6,9-12H,2,7-8,13-15H2,1H3,(H,25,28). The van der Waals surface area contributed by atoms with Crippen molar-refractivity contribution in [1.82, 2.24) is 9.80 Å². The molecule has 1 saturated carbocycles. The molecule has 1 aliphatic heterocycles. The number of benzene rings is 2. The summed E-state index contributed by atoms with van der Waals surface area (Å²) in [6, 6.07) is 13.5. The number of amides is 4. The first kappa shape index (κ1) is 21.2. The average Bonchev–Trinajstić information content (AvgIpc) is 2.93. The van der Waals surface area contributed by atoms with Crippen molar-refractivity contribution in [2.24, 2.45) is 0 Å². The van der Waals surface area contributed by atoms with Crippen molar-refractivity contribution in [3.63, 3.8) is 0 Å². The van der Waals surface area contributed by atoms with E-state index >= 15 is 0 Å². The number of imide groups is 1. The van der Waals surface area contributed by atoms with Gasteiger partial charge in [-0.2, -0.15) is 0 Å². The lowest BCUT2D eigenvalue weighted by Crippen LogP contribution is -2.49. The fourth-order valence-corrected chi connectivity index (χ4v) is 4.48.